The molecule has 0 aliphatic rings. The molecule has 0 fully saturated rings. The van der Waals surface area contributed by atoms with Gasteiger partial charge < -0.3 is 24.7 Å². The Morgan fingerprint density at radius 3 is 1.55 bits per heavy atom. The van der Waals surface area contributed by atoms with Gasteiger partial charge in [0.15, 0.2) is 13.2 Å². The van der Waals surface area contributed by atoms with Crippen molar-refractivity contribution in [3.05, 3.63) is 59.7 Å². The Labute approximate surface area is 183 Å². The Hall–Kier alpha value is -3.06. The lowest BCUT2D eigenvalue weighted by molar-refractivity contribution is -0.146. The number of hydrogen-bond donors (Lipinski definition) is 1. The monoisotopic (exact) mass is 429 g/mol. The van der Waals surface area contributed by atoms with Crippen LogP contribution in [-0.2, 0) is 19.1 Å². The summed E-state index contributed by atoms with van der Waals surface area (Å²) in [5.41, 5.74) is 7.98. The van der Waals surface area contributed by atoms with Crippen molar-refractivity contribution in [2.45, 2.75) is 32.6 Å². The number of benzene rings is 2. The predicted molar refractivity (Wildman–Crippen MR) is 117 cm³/mol. The number of nitrogens with two attached hydrogens (primary N) is 1. The SMILES string of the molecule is CCOC(=O)COc1ccc(C(CCCN)c2ccc(OCC(=O)OCC)cc2)cc1. The van der Waals surface area contributed by atoms with Crippen molar-refractivity contribution < 1.29 is 28.5 Å². The van der Waals surface area contributed by atoms with Gasteiger partial charge in [-0.05, 0) is 68.6 Å². The third-order valence-corrected chi connectivity index (χ3v) is 4.59. The van der Waals surface area contributed by atoms with Crippen LogP contribution < -0.4 is 15.2 Å². The van der Waals surface area contributed by atoms with Crippen LogP contribution in [0.25, 0.3) is 0 Å². The zero-order chi connectivity index (χ0) is 22.5. The lowest BCUT2D eigenvalue weighted by Gasteiger charge is -2.19. The summed E-state index contributed by atoms with van der Waals surface area (Å²) in [6.07, 6.45) is 1.77. The molecule has 0 aliphatic heterocycles. The van der Waals surface area contributed by atoms with E-state index >= 15 is 0 Å². The molecule has 168 valence electrons. The number of hydrogen-bond acceptors (Lipinski definition) is 7. The smallest absolute Gasteiger partial charge is 0.344 e. The lowest BCUT2D eigenvalue weighted by atomic mass is 9.87. The molecule has 0 unspecified atom stereocenters. The van der Waals surface area contributed by atoms with E-state index in [0.29, 0.717) is 31.3 Å². The second-order valence-corrected chi connectivity index (χ2v) is 6.81. The van der Waals surface area contributed by atoms with E-state index in [0.717, 1.165) is 24.0 Å². The fourth-order valence-electron chi connectivity index (χ4n) is 3.13. The molecular formula is C24H31NO6. The van der Waals surface area contributed by atoms with Crippen molar-refractivity contribution in [3.63, 3.8) is 0 Å². The van der Waals surface area contributed by atoms with Gasteiger partial charge in [-0.25, -0.2) is 9.59 Å². The molecular weight excluding hydrogens is 398 g/mol. The van der Waals surface area contributed by atoms with Gasteiger partial charge in [0, 0.05) is 5.92 Å². The first-order valence-electron chi connectivity index (χ1n) is 10.5. The highest BCUT2D eigenvalue weighted by atomic mass is 16.6. The lowest BCUT2D eigenvalue weighted by Crippen LogP contribution is -2.14. The maximum absolute atomic E-state index is 11.4. The average Bonchev–Trinajstić information content (AvgIpc) is 2.78. The van der Waals surface area contributed by atoms with E-state index in [1.807, 2.05) is 48.5 Å². The fraction of sp³-hybridized carbons (Fsp3) is 0.417. The summed E-state index contributed by atoms with van der Waals surface area (Å²) in [5, 5.41) is 0. The largest absolute Gasteiger partial charge is 0.482 e. The maximum atomic E-state index is 11.4. The zero-order valence-corrected chi connectivity index (χ0v) is 18.2. The van der Waals surface area contributed by atoms with Crippen molar-refractivity contribution in [1.82, 2.24) is 0 Å². The van der Waals surface area contributed by atoms with Crippen molar-refractivity contribution in [3.8, 4) is 11.5 Å². The van der Waals surface area contributed by atoms with Gasteiger partial charge in [0.25, 0.3) is 0 Å². The van der Waals surface area contributed by atoms with E-state index in [9.17, 15) is 9.59 Å². The van der Waals surface area contributed by atoms with E-state index in [2.05, 4.69) is 0 Å². The summed E-state index contributed by atoms with van der Waals surface area (Å²) < 4.78 is 20.7. The third-order valence-electron chi connectivity index (χ3n) is 4.59. The first-order chi connectivity index (χ1) is 15.1. The van der Waals surface area contributed by atoms with Crippen LogP contribution in [0, 0.1) is 0 Å². The number of esters is 2. The van der Waals surface area contributed by atoms with Crippen LogP contribution >= 0.6 is 0 Å². The van der Waals surface area contributed by atoms with Gasteiger partial charge in [-0.15, -0.1) is 0 Å². The van der Waals surface area contributed by atoms with E-state index in [1.54, 1.807) is 13.8 Å². The van der Waals surface area contributed by atoms with Crippen molar-refractivity contribution in [2.24, 2.45) is 5.73 Å². The molecule has 2 aromatic rings. The van der Waals surface area contributed by atoms with E-state index in [4.69, 9.17) is 24.7 Å². The Balaban J connectivity index is 2.05. The molecule has 7 nitrogen and oxygen atoms in total. The molecule has 2 N–H and O–H groups in total. The zero-order valence-electron chi connectivity index (χ0n) is 18.2. The molecule has 0 heterocycles. The summed E-state index contributed by atoms with van der Waals surface area (Å²) >= 11 is 0. The van der Waals surface area contributed by atoms with Crippen LogP contribution in [0.3, 0.4) is 0 Å². The molecule has 0 radical (unpaired) electrons. The minimum absolute atomic E-state index is 0.114. The van der Waals surface area contributed by atoms with Crippen LogP contribution in [0.2, 0.25) is 0 Å². The quantitative estimate of drug-likeness (QED) is 0.487. The first kappa shape index (κ1) is 24.2. The molecule has 31 heavy (non-hydrogen) atoms. The molecule has 0 atom stereocenters. The van der Waals surface area contributed by atoms with Crippen molar-refractivity contribution in [1.29, 1.82) is 0 Å². The second kappa shape index (κ2) is 13.3. The van der Waals surface area contributed by atoms with E-state index in [-0.39, 0.29) is 19.1 Å². The molecule has 0 amide bonds. The van der Waals surface area contributed by atoms with Crippen LogP contribution in [0.5, 0.6) is 11.5 Å². The van der Waals surface area contributed by atoms with Crippen LogP contribution in [0.4, 0.5) is 0 Å². The summed E-state index contributed by atoms with van der Waals surface area (Å²) in [4.78, 5) is 22.9. The average molecular weight is 430 g/mol. The summed E-state index contributed by atoms with van der Waals surface area (Å²) in [7, 11) is 0. The standard InChI is InChI=1S/C24H31NO6/c1-3-28-23(26)16-30-20-11-7-18(8-12-20)22(6-5-15-25)19-9-13-21(14-10-19)31-17-24(27)29-4-2/h7-14,22H,3-6,15-17,25H2,1-2H3. The van der Waals surface area contributed by atoms with E-state index in [1.165, 1.54) is 0 Å². The Morgan fingerprint density at radius 2 is 1.19 bits per heavy atom. The predicted octanol–water partition coefficient (Wildman–Crippen LogP) is 3.44. The minimum Gasteiger partial charge on any atom is -0.482 e. The van der Waals surface area contributed by atoms with Gasteiger partial charge in [0.1, 0.15) is 11.5 Å². The first-order valence-corrected chi connectivity index (χ1v) is 10.5. The Morgan fingerprint density at radius 1 is 0.774 bits per heavy atom. The molecule has 0 aromatic heterocycles. The second-order valence-electron chi connectivity index (χ2n) is 6.81. The molecule has 0 spiro atoms. The molecule has 0 bridgehead atoms. The van der Waals surface area contributed by atoms with Crippen LogP contribution in [0.15, 0.2) is 48.5 Å². The highest BCUT2D eigenvalue weighted by Gasteiger charge is 2.15. The van der Waals surface area contributed by atoms with Crippen LogP contribution in [0.1, 0.15) is 43.7 Å². The highest BCUT2D eigenvalue weighted by molar-refractivity contribution is 5.71. The number of ether oxygens (including phenoxy) is 4. The van der Waals surface area contributed by atoms with Gasteiger partial charge in [-0.2, -0.15) is 0 Å². The van der Waals surface area contributed by atoms with Crippen molar-refractivity contribution in [2.75, 3.05) is 33.0 Å². The minimum atomic E-state index is -0.391. The highest BCUT2D eigenvalue weighted by Crippen LogP contribution is 2.31. The van der Waals surface area contributed by atoms with E-state index < -0.39 is 11.9 Å². The van der Waals surface area contributed by atoms with Crippen LogP contribution in [-0.4, -0.2) is 44.9 Å². The van der Waals surface area contributed by atoms with Gasteiger partial charge >= 0.3 is 11.9 Å². The third kappa shape index (κ3) is 8.30. The molecule has 0 aliphatic carbocycles. The Bertz CT molecular complexity index is 738. The number of rotatable bonds is 13. The van der Waals surface area contributed by atoms with Gasteiger partial charge in [0.05, 0.1) is 13.2 Å². The molecule has 0 saturated carbocycles. The maximum Gasteiger partial charge on any atom is 0.344 e. The Kier molecular flexibility index (Phi) is 10.4. The van der Waals surface area contributed by atoms with Gasteiger partial charge in [0.2, 0.25) is 0 Å². The number of carbonyl (C=O) groups is 2. The molecule has 2 aromatic carbocycles. The topological polar surface area (TPSA) is 97.1 Å². The summed E-state index contributed by atoms with van der Waals surface area (Å²) in [6.45, 7) is 4.56. The molecule has 0 saturated heterocycles. The van der Waals surface area contributed by atoms with Crippen molar-refractivity contribution >= 4 is 11.9 Å². The van der Waals surface area contributed by atoms with Gasteiger partial charge in [-0.1, -0.05) is 24.3 Å². The molecule has 2 rings (SSSR count). The normalized spacial score (nSPS) is 10.6. The summed E-state index contributed by atoms with van der Waals surface area (Å²) in [5.74, 6) is 0.589. The van der Waals surface area contributed by atoms with Gasteiger partial charge in [-0.3, -0.25) is 0 Å². The molecule has 7 heteroatoms. The number of carbonyl (C=O) groups excluding carboxylic acids is 2. The summed E-state index contributed by atoms with van der Waals surface area (Å²) in [6, 6.07) is 15.4. The fourth-order valence-corrected chi connectivity index (χ4v) is 3.13.